The summed E-state index contributed by atoms with van der Waals surface area (Å²) in [6, 6.07) is 10.1. The Kier molecular flexibility index (Phi) is 10.4. The Morgan fingerprint density at radius 2 is 1.86 bits per heavy atom. The van der Waals surface area contributed by atoms with Crippen molar-refractivity contribution in [2.24, 2.45) is 11.8 Å². The Morgan fingerprint density at radius 1 is 1.14 bits per heavy atom. The van der Waals surface area contributed by atoms with Gasteiger partial charge < -0.3 is 20.1 Å². The summed E-state index contributed by atoms with van der Waals surface area (Å²) in [5, 5.41) is 31.0. The molecule has 29 heavy (non-hydrogen) atoms. The van der Waals surface area contributed by atoms with Crippen LogP contribution in [0, 0.1) is 11.8 Å². The predicted molar refractivity (Wildman–Crippen MR) is 113 cm³/mol. The van der Waals surface area contributed by atoms with Crippen LogP contribution in [0.2, 0.25) is 0 Å². The summed E-state index contributed by atoms with van der Waals surface area (Å²) in [5.74, 6) is -0.219. The molecule has 0 unspecified atom stereocenters. The van der Waals surface area contributed by atoms with Gasteiger partial charge in [-0.2, -0.15) is 0 Å². The van der Waals surface area contributed by atoms with Gasteiger partial charge in [-0.3, -0.25) is 4.79 Å². The van der Waals surface area contributed by atoms with E-state index in [1.807, 2.05) is 24.3 Å². The average Bonchev–Trinajstić information content (AvgIpc) is 2.97. The number of aliphatic hydroxyl groups is 3. The van der Waals surface area contributed by atoms with Gasteiger partial charge in [0.1, 0.15) is 0 Å². The van der Waals surface area contributed by atoms with Crippen LogP contribution in [0.25, 0.3) is 0 Å². The first-order valence-electron chi connectivity index (χ1n) is 10.8. The fourth-order valence-electron chi connectivity index (χ4n) is 4.20. The van der Waals surface area contributed by atoms with Crippen LogP contribution in [-0.2, 0) is 16.0 Å². The number of benzene rings is 1. The lowest BCUT2D eigenvalue weighted by molar-refractivity contribution is -0.141. The summed E-state index contributed by atoms with van der Waals surface area (Å²) in [6.07, 6.45) is 8.36. The predicted octanol–water partition coefficient (Wildman–Crippen LogP) is 3.41. The summed E-state index contributed by atoms with van der Waals surface area (Å²) >= 11 is 0. The van der Waals surface area contributed by atoms with Crippen LogP contribution >= 0.6 is 0 Å². The second kappa shape index (κ2) is 12.8. The zero-order valence-electron chi connectivity index (χ0n) is 17.5. The maximum absolute atomic E-state index is 10.7. The Balaban J connectivity index is 1.71. The van der Waals surface area contributed by atoms with Gasteiger partial charge in [-0.05, 0) is 68.8 Å². The van der Waals surface area contributed by atoms with E-state index in [9.17, 15) is 20.1 Å². The molecule has 5 atom stereocenters. The van der Waals surface area contributed by atoms with Crippen LogP contribution in [-0.4, -0.2) is 46.2 Å². The van der Waals surface area contributed by atoms with Gasteiger partial charge in [-0.25, -0.2) is 0 Å². The standard InChI is InChI=1S/C24H36O5/c1-18(25)29-16-8-3-2-7-11-21-22(24(28)17-23(21)27)15-14-20(26)13-12-19-9-5-4-6-10-19/h2,4-7,9-10,20-24,26-28H,3,8,11-17H2,1H3/b7-2-/t20-,21+,22+,23-,24+/m0/s1. The molecule has 162 valence electrons. The zero-order chi connectivity index (χ0) is 21.1. The number of ether oxygens (including phenoxy) is 1. The third-order valence-corrected chi connectivity index (χ3v) is 5.86. The highest BCUT2D eigenvalue weighted by Crippen LogP contribution is 2.38. The summed E-state index contributed by atoms with van der Waals surface area (Å²) in [4.78, 5) is 10.7. The van der Waals surface area contributed by atoms with Crippen molar-refractivity contribution >= 4 is 5.97 Å². The van der Waals surface area contributed by atoms with E-state index >= 15 is 0 Å². The molecule has 1 aromatic carbocycles. The van der Waals surface area contributed by atoms with Crippen molar-refractivity contribution in [1.82, 2.24) is 0 Å². The van der Waals surface area contributed by atoms with E-state index in [0.717, 1.165) is 32.1 Å². The largest absolute Gasteiger partial charge is 0.466 e. The number of carbonyl (C=O) groups is 1. The van der Waals surface area contributed by atoms with Crippen molar-refractivity contribution in [3.05, 3.63) is 48.0 Å². The first-order chi connectivity index (χ1) is 14.0. The minimum absolute atomic E-state index is 0.0158. The molecular weight excluding hydrogens is 368 g/mol. The van der Waals surface area contributed by atoms with Crippen molar-refractivity contribution < 1.29 is 24.9 Å². The first kappa shape index (κ1) is 23.6. The summed E-state index contributed by atoms with van der Waals surface area (Å²) < 4.78 is 4.90. The van der Waals surface area contributed by atoms with Gasteiger partial charge in [-0.15, -0.1) is 0 Å². The van der Waals surface area contributed by atoms with Crippen molar-refractivity contribution in [2.45, 2.75) is 76.6 Å². The Bertz CT molecular complexity index is 615. The number of unbranched alkanes of at least 4 members (excludes halogenated alkanes) is 1. The molecule has 5 nitrogen and oxygen atoms in total. The van der Waals surface area contributed by atoms with Gasteiger partial charge in [0.05, 0.1) is 24.9 Å². The Morgan fingerprint density at radius 3 is 2.59 bits per heavy atom. The SMILES string of the molecule is CC(=O)OCCC/C=C\C[C@@H]1[C@@H](CC[C@@H](O)CCc2ccccc2)[C@H](O)C[C@@H]1O. The second-order valence-corrected chi connectivity index (χ2v) is 8.14. The van der Waals surface area contributed by atoms with Gasteiger partial charge >= 0.3 is 5.97 Å². The van der Waals surface area contributed by atoms with Gasteiger partial charge in [0, 0.05) is 6.92 Å². The normalized spacial score (nSPS) is 25.4. The Hall–Kier alpha value is -1.69. The van der Waals surface area contributed by atoms with Crippen LogP contribution in [0.4, 0.5) is 0 Å². The zero-order valence-corrected chi connectivity index (χ0v) is 17.5. The molecule has 0 radical (unpaired) electrons. The average molecular weight is 405 g/mol. The van der Waals surface area contributed by atoms with E-state index in [2.05, 4.69) is 18.2 Å². The topological polar surface area (TPSA) is 87.0 Å². The molecule has 0 saturated heterocycles. The maximum atomic E-state index is 10.7. The molecule has 0 aromatic heterocycles. The molecule has 1 aliphatic carbocycles. The maximum Gasteiger partial charge on any atom is 0.302 e. The minimum atomic E-state index is -0.506. The number of hydrogen-bond donors (Lipinski definition) is 3. The van der Waals surface area contributed by atoms with Gasteiger partial charge in [0.25, 0.3) is 0 Å². The van der Waals surface area contributed by atoms with Crippen LogP contribution in [0.3, 0.4) is 0 Å². The third-order valence-electron chi connectivity index (χ3n) is 5.86. The number of carbonyl (C=O) groups excluding carboxylic acids is 1. The van der Waals surface area contributed by atoms with Crippen molar-refractivity contribution in [1.29, 1.82) is 0 Å². The smallest absolute Gasteiger partial charge is 0.302 e. The van der Waals surface area contributed by atoms with Gasteiger partial charge in [-0.1, -0.05) is 42.5 Å². The highest BCUT2D eigenvalue weighted by Gasteiger charge is 2.40. The van der Waals surface area contributed by atoms with Gasteiger partial charge in [0.2, 0.25) is 0 Å². The van der Waals surface area contributed by atoms with E-state index in [1.54, 1.807) is 0 Å². The summed E-state index contributed by atoms with van der Waals surface area (Å²) in [6.45, 7) is 1.83. The number of hydrogen-bond acceptors (Lipinski definition) is 5. The second-order valence-electron chi connectivity index (χ2n) is 8.14. The molecule has 1 aliphatic rings. The molecule has 1 fully saturated rings. The fourth-order valence-corrected chi connectivity index (χ4v) is 4.20. The van der Waals surface area contributed by atoms with Crippen molar-refractivity contribution in [3.8, 4) is 0 Å². The molecular formula is C24H36O5. The molecule has 5 heteroatoms. The summed E-state index contributed by atoms with van der Waals surface area (Å²) in [7, 11) is 0. The van der Waals surface area contributed by atoms with Crippen LogP contribution in [0.1, 0.15) is 57.4 Å². The number of aliphatic hydroxyl groups excluding tert-OH is 3. The number of esters is 1. The molecule has 0 heterocycles. The third kappa shape index (κ3) is 8.69. The van der Waals surface area contributed by atoms with E-state index in [-0.39, 0.29) is 17.8 Å². The van der Waals surface area contributed by atoms with E-state index in [1.165, 1.54) is 12.5 Å². The molecule has 2 rings (SSSR count). The number of allylic oxidation sites excluding steroid dienone is 2. The highest BCUT2D eigenvalue weighted by molar-refractivity contribution is 5.65. The fraction of sp³-hybridized carbons (Fsp3) is 0.625. The summed E-state index contributed by atoms with van der Waals surface area (Å²) in [5.41, 5.74) is 1.22. The molecule has 0 amide bonds. The first-order valence-corrected chi connectivity index (χ1v) is 10.8. The lowest BCUT2D eigenvalue weighted by Crippen LogP contribution is -2.23. The molecule has 1 aromatic rings. The molecule has 0 spiro atoms. The lowest BCUT2D eigenvalue weighted by Gasteiger charge is -2.23. The Labute approximate surface area is 174 Å². The van der Waals surface area contributed by atoms with Crippen molar-refractivity contribution in [3.63, 3.8) is 0 Å². The molecule has 1 saturated carbocycles. The highest BCUT2D eigenvalue weighted by atomic mass is 16.5. The number of aryl methyl sites for hydroxylation is 1. The molecule has 0 bridgehead atoms. The lowest BCUT2D eigenvalue weighted by atomic mass is 9.85. The monoisotopic (exact) mass is 404 g/mol. The van der Waals surface area contributed by atoms with E-state index in [4.69, 9.17) is 4.74 Å². The molecule has 0 aliphatic heterocycles. The van der Waals surface area contributed by atoms with E-state index in [0.29, 0.717) is 25.9 Å². The van der Waals surface area contributed by atoms with Gasteiger partial charge in [0.15, 0.2) is 0 Å². The van der Waals surface area contributed by atoms with Crippen molar-refractivity contribution in [2.75, 3.05) is 6.61 Å². The van der Waals surface area contributed by atoms with E-state index < -0.39 is 18.3 Å². The van der Waals surface area contributed by atoms with Crippen LogP contribution in [0.15, 0.2) is 42.5 Å². The minimum Gasteiger partial charge on any atom is -0.466 e. The van der Waals surface area contributed by atoms with Crippen LogP contribution < -0.4 is 0 Å². The van der Waals surface area contributed by atoms with Crippen LogP contribution in [0.5, 0.6) is 0 Å². The molecule has 3 N–H and O–H groups in total. The quantitative estimate of drug-likeness (QED) is 0.282. The number of rotatable bonds is 12.